The van der Waals surface area contributed by atoms with Gasteiger partial charge >= 0.3 is 0 Å². The number of hydrogen-bond donors (Lipinski definition) is 2. The minimum Gasteiger partial charge on any atom is -0.496 e. The Kier molecular flexibility index (Phi) is 5.46. The third-order valence-electron chi connectivity index (χ3n) is 7.14. The lowest BCUT2D eigenvalue weighted by Gasteiger charge is -2.36. The van der Waals surface area contributed by atoms with Crippen molar-refractivity contribution < 1.29 is 4.74 Å². The molecule has 2 aromatic heterocycles. The topological polar surface area (TPSA) is 40.8 Å². The smallest absolute Gasteiger partial charge is 0.123 e. The molecule has 3 nitrogen and oxygen atoms in total. The fraction of sp³-hybridized carbons (Fsp3) is 0.0909. The number of ether oxygens (including phenoxy) is 1. The summed E-state index contributed by atoms with van der Waals surface area (Å²) in [6.07, 6.45) is 2.00. The Morgan fingerprint density at radius 2 is 1.42 bits per heavy atom. The molecule has 0 aliphatic carbocycles. The summed E-state index contributed by atoms with van der Waals surface area (Å²) >= 11 is 0. The molecule has 0 aliphatic heterocycles. The van der Waals surface area contributed by atoms with E-state index in [1.807, 2.05) is 18.3 Å². The number of aryl methyl sites for hydroxylation is 1. The van der Waals surface area contributed by atoms with Crippen molar-refractivity contribution in [3.8, 4) is 16.9 Å². The standard InChI is InChI=1S/C33H28N2O/c1-23-18-20-25(21-19-23)33(30-17-10-22-34-30,27-14-7-9-16-29(27)36-2)32-31(24-11-4-3-5-12-24)26-13-6-8-15-28(26)35-32/h3-22,34-35H,1-2H3. The van der Waals surface area contributed by atoms with Crippen molar-refractivity contribution in [1.82, 2.24) is 9.97 Å². The van der Waals surface area contributed by atoms with Gasteiger partial charge < -0.3 is 14.7 Å². The summed E-state index contributed by atoms with van der Waals surface area (Å²) in [5.41, 5.74) is 8.39. The molecule has 0 radical (unpaired) electrons. The molecule has 3 heteroatoms. The van der Waals surface area contributed by atoms with Gasteiger partial charge in [-0.05, 0) is 42.3 Å². The molecule has 0 saturated carbocycles. The van der Waals surface area contributed by atoms with Crippen molar-refractivity contribution in [3.63, 3.8) is 0 Å². The highest BCUT2D eigenvalue weighted by atomic mass is 16.5. The predicted molar refractivity (Wildman–Crippen MR) is 148 cm³/mol. The minimum atomic E-state index is -0.687. The summed E-state index contributed by atoms with van der Waals surface area (Å²) in [4.78, 5) is 7.47. The Morgan fingerprint density at radius 1 is 0.694 bits per heavy atom. The third-order valence-corrected chi connectivity index (χ3v) is 7.14. The van der Waals surface area contributed by atoms with E-state index in [0.717, 1.165) is 33.8 Å². The number of benzene rings is 4. The molecule has 4 aromatic carbocycles. The maximum Gasteiger partial charge on any atom is 0.123 e. The van der Waals surface area contributed by atoms with E-state index in [9.17, 15) is 0 Å². The number of nitrogens with one attached hydrogen (secondary N) is 2. The molecule has 1 unspecified atom stereocenters. The van der Waals surface area contributed by atoms with E-state index in [-0.39, 0.29) is 0 Å². The highest BCUT2D eigenvalue weighted by Crippen LogP contribution is 2.51. The number of hydrogen-bond acceptors (Lipinski definition) is 1. The van der Waals surface area contributed by atoms with Crippen LogP contribution >= 0.6 is 0 Å². The summed E-state index contributed by atoms with van der Waals surface area (Å²) in [6, 6.07) is 40.6. The fourth-order valence-electron chi connectivity index (χ4n) is 5.52. The van der Waals surface area contributed by atoms with Gasteiger partial charge in [0.1, 0.15) is 11.2 Å². The van der Waals surface area contributed by atoms with E-state index in [2.05, 4.69) is 120 Å². The van der Waals surface area contributed by atoms with Crippen LogP contribution in [0.3, 0.4) is 0 Å². The van der Waals surface area contributed by atoms with Gasteiger partial charge in [-0.2, -0.15) is 0 Å². The van der Waals surface area contributed by atoms with E-state index >= 15 is 0 Å². The summed E-state index contributed by atoms with van der Waals surface area (Å²) in [5, 5.41) is 1.19. The fourth-order valence-corrected chi connectivity index (χ4v) is 5.52. The summed E-state index contributed by atoms with van der Waals surface area (Å²) in [6.45, 7) is 2.13. The molecule has 1 atom stereocenters. The number of para-hydroxylation sites is 2. The van der Waals surface area contributed by atoms with Gasteiger partial charge in [-0.15, -0.1) is 0 Å². The zero-order valence-electron chi connectivity index (χ0n) is 20.5. The van der Waals surface area contributed by atoms with Crippen LogP contribution in [0.15, 0.2) is 121 Å². The van der Waals surface area contributed by atoms with Crippen LogP contribution in [0, 0.1) is 6.92 Å². The van der Waals surface area contributed by atoms with Crippen LogP contribution < -0.4 is 4.74 Å². The number of aromatic amines is 2. The first kappa shape index (κ1) is 22.0. The molecule has 6 aromatic rings. The average Bonchev–Trinajstić information content (AvgIpc) is 3.60. The largest absolute Gasteiger partial charge is 0.496 e. The van der Waals surface area contributed by atoms with Crippen molar-refractivity contribution in [3.05, 3.63) is 150 Å². The molecule has 36 heavy (non-hydrogen) atoms. The van der Waals surface area contributed by atoms with Crippen molar-refractivity contribution in [2.45, 2.75) is 12.3 Å². The van der Waals surface area contributed by atoms with Crippen LogP contribution in [0.25, 0.3) is 22.0 Å². The lowest BCUT2D eigenvalue weighted by Crippen LogP contribution is -2.33. The minimum absolute atomic E-state index is 0.687. The van der Waals surface area contributed by atoms with Gasteiger partial charge in [-0.25, -0.2) is 0 Å². The van der Waals surface area contributed by atoms with Crippen LogP contribution in [0.1, 0.15) is 28.1 Å². The summed E-state index contributed by atoms with van der Waals surface area (Å²) in [7, 11) is 1.75. The van der Waals surface area contributed by atoms with Crippen molar-refractivity contribution >= 4 is 10.9 Å². The predicted octanol–water partition coefficient (Wildman–Crippen LogP) is 7.86. The molecule has 0 amide bonds. The van der Waals surface area contributed by atoms with Crippen LogP contribution in [0.4, 0.5) is 0 Å². The average molecular weight is 469 g/mol. The molecule has 0 bridgehead atoms. The maximum absolute atomic E-state index is 6.01. The molecule has 0 saturated heterocycles. The SMILES string of the molecule is COc1ccccc1C(c1ccc(C)cc1)(c1ccc[nH]1)c1[nH]c2ccccc2c1-c1ccccc1. The quantitative estimate of drug-likeness (QED) is 0.257. The second-order valence-corrected chi connectivity index (χ2v) is 9.19. The van der Waals surface area contributed by atoms with E-state index < -0.39 is 5.41 Å². The van der Waals surface area contributed by atoms with Gasteiger partial charge in [-0.3, -0.25) is 0 Å². The first-order valence-electron chi connectivity index (χ1n) is 12.2. The van der Waals surface area contributed by atoms with Crippen molar-refractivity contribution in [2.75, 3.05) is 7.11 Å². The molecule has 2 heterocycles. The summed E-state index contributed by atoms with van der Waals surface area (Å²) in [5.74, 6) is 0.838. The number of rotatable bonds is 6. The number of H-pyrrole nitrogens is 2. The van der Waals surface area contributed by atoms with Gasteiger partial charge in [0.25, 0.3) is 0 Å². The van der Waals surface area contributed by atoms with E-state index in [4.69, 9.17) is 4.74 Å². The van der Waals surface area contributed by atoms with Crippen LogP contribution in [0.5, 0.6) is 5.75 Å². The molecule has 0 fully saturated rings. The van der Waals surface area contributed by atoms with Crippen molar-refractivity contribution in [1.29, 1.82) is 0 Å². The van der Waals surface area contributed by atoms with Crippen LogP contribution in [-0.2, 0) is 5.41 Å². The maximum atomic E-state index is 6.01. The molecular formula is C33H28N2O. The first-order chi connectivity index (χ1) is 17.7. The highest BCUT2D eigenvalue weighted by molar-refractivity contribution is 5.99. The molecule has 6 rings (SSSR count). The Balaban J connectivity index is 1.84. The van der Waals surface area contributed by atoms with Gasteiger partial charge in [0, 0.05) is 39.6 Å². The van der Waals surface area contributed by atoms with E-state index in [0.29, 0.717) is 0 Å². The highest BCUT2D eigenvalue weighted by Gasteiger charge is 2.44. The van der Waals surface area contributed by atoms with E-state index in [1.165, 1.54) is 22.1 Å². The van der Waals surface area contributed by atoms with E-state index in [1.54, 1.807) is 7.11 Å². The monoisotopic (exact) mass is 468 g/mol. The van der Waals surface area contributed by atoms with Crippen molar-refractivity contribution in [2.24, 2.45) is 0 Å². The molecule has 0 spiro atoms. The first-order valence-corrected chi connectivity index (χ1v) is 12.2. The van der Waals surface area contributed by atoms with Gasteiger partial charge in [0.15, 0.2) is 0 Å². The Bertz CT molecular complexity index is 1610. The second kappa shape index (κ2) is 8.94. The molecule has 176 valence electrons. The Morgan fingerprint density at radius 3 is 2.17 bits per heavy atom. The third kappa shape index (κ3) is 3.36. The Hall–Kier alpha value is -4.50. The number of aromatic nitrogens is 2. The lowest BCUT2D eigenvalue weighted by atomic mass is 9.67. The van der Waals surface area contributed by atoms with Gasteiger partial charge in [0.05, 0.1) is 7.11 Å². The second-order valence-electron chi connectivity index (χ2n) is 9.19. The molecule has 2 N–H and O–H groups in total. The lowest BCUT2D eigenvalue weighted by molar-refractivity contribution is 0.404. The molecule has 0 aliphatic rings. The normalized spacial score (nSPS) is 12.9. The zero-order valence-corrected chi connectivity index (χ0v) is 20.5. The number of methoxy groups -OCH3 is 1. The van der Waals surface area contributed by atoms with Crippen LogP contribution in [-0.4, -0.2) is 17.1 Å². The Labute approximate surface area is 211 Å². The molecular weight excluding hydrogens is 440 g/mol. The van der Waals surface area contributed by atoms with Gasteiger partial charge in [0.2, 0.25) is 0 Å². The summed E-state index contributed by atoms with van der Waals surface area (Å²) < 4.78 is 6.01. The number of fused-ring (bicyclic) bond motifs is 1. The zero-order chi connectivity index (χ0) is 24.5. The van der Waals surface area contributed by atoms with Crippen LogP contribution in [0.2, 0.25) is 0 Å². The van der Waals surface area contributed by atoms with Gasteiger partial charge in [-0.1, -0.05) is 96.6 Å².